The van der Waals surface area contributed by atoms with Gasteiger partial charge in [0.05, 0.1) is 13.1 Å². The van der Waals surface area contributed by atoms with Crippen LogP contribution < -0.4 is 0 Å². The SMILES string of the molecule is [C-]#[N+]c1cc[c-]c(-c2ncccc2-c2ccccc2)c1[N+]#[C-].[Ir].[c-]1ccccc1-c1ccccn1. The molecule has 5 rings (SSSR count). The number of pyridine rings is 2. The van der Waals surface area contributed by atoms with E-state index in [0.29, 0.717) is 22.6 Å². The van der Waals surface area contributed by atoms with Crippen LogP contribution in [-0.2, 0) is 20.1 Å². The molecule has 0 aliphatic rings. The number of nitrogens with zero attached hydrogens (tertiary/aromatic N) is 4. The second-order valence-corrected chi connectivity index (χ2v) is 7.07. The molecule has 3 aromatic carbocycles. The van der Waals surface area contributed by atoms with Gasteiger partial charge in [0.1, 0.15) is 0 Å². The molecule has 35 heavy (non-hydrogen) atoms. The van der Waals surface area contributed by atoms with Crippen molar-refractivity contribution >= 4 is 11.4 Å². The summed E-state index contributed by atoms with van der Waals surface area (Å²) in [6, 6.07) is 36.9. The summed E-state index contributed by atoms with van der Waals surface area (Å²) < 4.78 is 0. The smallest absolute Gasteiger partial charge is 0.176 e. The Morgan fingerprint density at radius 1 is 0.657 bits per heavy atom. The molecule has 0 atom stereocenters. The number of hydrogen-bond donors (Lipinski definition) is 0. The maximum atomic E-state index is 7.39. The summed E-state index contributed by atoms with van der Waals surface area (Å²) >= 11 is 0. The molecule has 0 N–H and O–H groups in total. The maximum absolute atomic E-state index is 7.39. The van der Waals surface area contributed by atoms with Gasteiger partial charge in [0, 0.05) is 32.5 Å². The second kappa shape index (κ2) is 12.7. The van der Waals surface area contributed by atoms with E-state index < -0.39 is 0 Å². The van der Waals surface area contributed by atoms with Gasteiger partial charge in [-0.3, -0.25) is 9.69 Å². The molecule has 2 heterocycles. The number of hydrogen-bond acceptors (Lipinski definition) is 2. The topological polar surface area (TPSA) is 34.5 Å². The number of rotatable bonds is 3. The van der Waals surface area contributed by atoms with E-state index in [4.69, 9.17) is 13.1 Å². The van der Waals surface area contributed by atoms with E-state index in [-0.39, 0.29) is 20.1 Å². The van der Waals surface area contributed by atoms with Crippen molar-refractivity contribution < 1.29 is 20.1 Å². The maximum Gasteiger partial charge on any atom is 0.176 e. The van der Waals surface area contributed by atoms with E-state index in [0.717, 1.165) is 22.4 Å². The van der Waals surface area contributed by atoms with Gasteiger partial charge in [0.15, 0.2) is 11.4 Å². The zero-order chi connectivity index (χ0) is 23.6. The third kappa shape index (κ3) is 6.14. The number of benzene rings is 3. The van der Waals surface area contributed by atoms with Gasteiger partial charge in [-0.25, -0.2) is 0 Å². The van der Waals surface area contributed by atoms with Gasteiger partial charge < -0.3 is 9.97 Å². The summed E-state index contributed by atoms with van der Waals surface area (Å²) in [5.74, 6) is 0. The Morgan fingerprint density at radius 3 is 2.11 bits per heavy atom. The molecule has 5 heteroatoms. The molecule has 0 spiro atoms. The van der Waals surface area contributed by atoms with Crippen LogP contribution >= 0.6 is 0 Å². The molecule has 0 saturated carbocycles. The summed E-state index contributed by atoms with van der Waals surface area (Å²) in [4.78, 5) is 15.6. The van der Waals surface area contributed by atoms with Crippen LogP contribution in [0, 0.1) is 25.3 Å². The van der Waals surface area contributed by atoms with Crippen LogP contribution in [0.25, 0.3) is 43.3 Å². The first kappa shape index (κ1) is 25.2. The molecule has 0 aliphatic heterocycles. The summed E-state index contributed by atoms with van der Waals surface area (Å²) in [5.41, 5.74) is 5.82. The Kier molecular flexibility index (Phi) is 9.17. The quantitative estimate of drug-likeness (QED) is 0.191. The van der Waals surface area contributed by atoms with Gasteiger partial charge in [-0.1, -0.05) is 54.1 Å². The van der Waals surface area contributed by atoms with Crippen molar-refractivity contribution in [2.24, 2.45) is 0 Å². The van der Waals surface area contributed by atoms with Crippen molar-refractivity contribution in [2.75, 3.05) is 0 Å². The van der Waals surface area contributed by atoms with E-state index >= 15 is 0 Å². The minimum atomic E-state index is 0. The predicted molar refractivity (Wildman–Crippen MR) is 135 cm³/mol. The molecule has 2 aromatic heterocycles. The molecule has 0 unspecified atom stereocenters. The summed E-state index contributed by atoms with van der Waals surface area (Å²) in [5, 5.41) is 0. The van der Waals surface area contributed by atoms with Crippen molar-refractivity contribution in [3.8, 4) is 33.6 Å². The second-order valence-electron chi connectivity index (χ2n) is 7.07. The van der Waals surface area contributed by atoms with E-state index in [1.807, 2.05) is 84.9 Å². The van der Waals surface area contributed by atoms with E-state index in [1.165, 1.54) is 0 Å². The Morgan fingerprint density at radius 2 is 1.43 bits per heavy atom. The zero-order valence-electron chi connectivity index (χ0n) is 18.5. The van der Waals surface area contributed by atoms with Gasteiger partial charge >= 0.3 is 0 Å². The number of aromatic nitrogens is 2. The largest absolute Gasteiger partial charge is 0.305 e. The first-order valence-corrected chi connectivity index (χ1v) is 10.5. The minimum absolute atomic E-state index is 0. The molecule has 0 bridgehead atoms. The fourth-order valence-corrected chi connectivity index (χ4v) is 3.39. The average molecular weight is 627 g/mol. The summed E-state index contributed by atoms with van der Waals surface area (Å²) in [6.07, 6.45) is 3.48. The van der Waals surface area contributed by atoms with Crippen LogP contribution in [0.15, 0.2) is 109 Å². The first-order valence-electron chi connectivity index (χ1n) is 10.5. The van der Waals surface area contributed by atoms with Gasteiger partial charge in [-0.15, -0.1) is 48.0 Å². The van der Waals surface area contributed by atoms with Crippen molar-refractivity contribution in [1.29, 1.82) is 0 Å². The summed E-state index contributed by atoms with van der Waals surface area (Å²) in [7, 11) is 0. The summed E-state index contributed by atoms with van der Waals surface area (Å²) in [6.45, 7) is 14.6. The third-order valence-corrected chi connectivity index (χ3v) is 4.96. The normalized spacial score (nSPS) is 9.43. The fraction of sp³-hybridized carbons (Fsp3) is 0. The van der Waals surface area contributed by atoms with Crippen molar-refractivity contribution in [3.05, 3.63) is 144 Å². The van der Waals surface area contributed by atoms with Crippen molar-refractivity contribution in [2.45, 2.75) is 0 Å². The zero-order valence-corrected chi connectivity index (χ0v) is 20.9. The minimum Gasteiger partial charge on any atom is -0.305 e. The Bertz CT molecular complexity index is 1420. The van der Waals surface area contributed by atoms with E-state index in [1.54, 1.807) is 24.5 Å². The van der Waals surface area contributed by atoms with Crippen molar-refractivity contribution in [3.63, 3.8) is 0 Å². The van der Waals surface area contributed by atoms with Crippen LogP contribution in [0.2, 0.25) is 0 Å². The molecule has 5 aromatic rings. The van der Waals surface area contributed by atoms with Crippen molar-refractivity contribution in [1.82, 2.24) is 9.97 Å². The molecule has 169 valence electrons. The van der Waals surface area contributed by atoms with Crippen LogP contribution in [0.3, 0.4) is 0 Å². The van der Waals surface area contributed by atoms with Crippen LogP contribution in [-0.4, -0.2) is 9.97 Å². The first-order chi connectivity index (χ1) is 16.8. The molecule has 4 nitrogen and oxygen atoms in total. The van der Waals surface area contributed by atoms with E-state index in [9.17, 15) is 0 Å². The van der Waals surface area contributed by atoms with Gasteiger partial charge in [0.2, 0.25) is 0 Å². The molecule has 0 aliphatic carbocycles. The standard InChI is InChI=1S/C19H10N3.C11H8N.Ir/c1-20-17-12-6-10-16(19(17)21-2)18-15(11-7-13-22-18)14-8-4-3-5-9-14;1-2-6-10(7-3-1)11-8-4-5-9-12-11;/h3-9,11-13H;1-6,8-9H;/q2*-1;. The molecular formula is C30H18IrN4-2. The molecule has 0 fully saturated rings. The van der Waals surface area contributed by atoms with E-state index in [2.05, 4.69) is 31.8 Å². The van der Waals surface area contributed by atoms with Crippen LogP contribution in [0.5, 0.6) is 0 Å². The Balaban J connectivity index is 0.000000223. The van der Waals surface area contributed by atoms with Crippen LogP contribution in [0.4, 0.5) is 11.4 Å². The Labute approximate surface area is 219 Å². The average Bonchev–Trinajstić information content (AvgIpc) is 2.94. The molecular weight excluding hydrogens is 609 g/mol. The third-order valence-electron chi connectivity index (χ3n) is 4.96. The van der Waals surface area contributed by atoms with Crippen LogP contribution in [0.1, 0.15) is 0 Å². The molecule has 0 saturated heterocycles. The van der Waals surface area contributed by atoms with Gasteiger partial charge in [-0.05, 0) is 34.6 Å². The molecule has 0 amide bonds. The Hall–Kier alpha value is -4.41. The molecule has 1 radical (unpaired) electrons. The van der Waals surface area contributed by atoms with Gasteiger partial charge in [0.25, 0.3) is 0 Å². The fourth-order valence-electron chi connectivity index (χ4n) is 3.39. The monoisotopic (exact) mass is 627 g/mol. The predicted octanol–water partition coefficient (Wildman–Crippen LogP) is 7.86. The van der Waals surface area contributed by atoms with Gasteiger partial charge in [-0.2, -0.15) is 6.07 Å².